The first-order valence-corrected chi connectivity index (χ1v) is 3.61. The number of hydrogen-bond donors (Lipinski definition) is 3. The van der Waals surface area contributed by atoms with Crippen LogP contribution in [-0.4, -0.2) is 35.4 Å². The van der Waals surface area contributed by atoms with Crippen LogP contribution in [0.1, 0.15) is 0 Å². The third-order valence-corrected chi connectivity index (χ3v) is 1.24. The Bertz CT molecular complexity index is 341. The van der Waals surface area contributed by atoms with E-state index in [-0.39, 0.29) is 5.32 Å². The summed E-state index contributed by atoms with van der Waals surface area (Å²) in [6.07, 6.45) is -11.3. The SMILES string of the molecule is O=C(O)NOC(=O)NC(F)(F)C(F)(F)C(F)(F)F. The maximum absolute atomic E-state index is 12.4. The average molecular weight is 288 g/mol. The minimum absolute atomic E-state index is 0.132. The van der Waals surface area contributed by atoms with Crippen molar-refractivity contribution < 1.29 is 50.3 Å². The molecule has 13 heteroatoms. The molecule has 3 N–H and O–H groups in total. The Morgan fingerprint density at radius 1 is 1.00 bits per heavy atom. The maximum Gasteiger partial charge on any atom is 0.462 e. The Morgan fingerprint density at radius 2 is 1.44 bits per heavy atom. The van der Waals surface area contributed by atoms with Gasteiger partial charge in [-0.25, -0.2) is 9.59 Å². The van der Waals surface area contributed by atoms with Crippen molar-refractivity contribution in [2.24, 2.45) is 0 Å². The smallest absolute Gasteiger partial charge is 0.462 e. The van der Waals surface area contributed by atoms with Gasteiger partial charge in [0.2, 0.25) is 0 Å². The number of hydroxylamine groups is 1. The zero-order valence-corrected chi connectivity index (χ0v) is 7.82. The van der Waals surface area contributed by atoms with Gasteiger partial charge >= 0.3 is 30.3 Å². The minimum Gasteiger partial charge on any atom is -0.463 e. The van der Waals surface area contributed by atoms with Crippen LogP contribution in [0.5, 0.6) is 0 Å². The summed E-state index contributed by atoms with van der Waals surface area (Å²) in [5.41, 5.74) is 0.703. The number of carbonyl (C=O) groups is 2. The molecule has 0 saturated heterocycles. The summed E-state index contributed by atoms with van der Waals surface area (Å²) in [4.78, 5) is 23.2. The Morgan fingerprint density at radius 3 is 1.78 bits per heavy atom. The maximum atomic E-state index is 12.4. The van der Waals surface area contributed by atoms with E-state index >= 15 is 0 Å². The Balaban J connectivity index is 4.75. The molecule has 0 radical (unpaired) electrons. The van der Waals surface area contributed by atoms with Crippen LogP contribution >= 0.6 is 0 Å². The van der Waals surface area contributed by atoms with E-state index in [4.69, 9.17) is 5.11 Å². The first-order valence-electron chi connectivity index (χ1n) is 3.61. The fourth-order valence-electron chi connectivity index (χ4n) is 0.500. The molecule has 0 fully saturated rings. The number of nitrogens with one attached hydrogen (secondary N) is 2. The third kappa shape index (κ3) is 3.53. The van der Waals surface area contributed by atoms with Gasteiger partial charge in [0.05, 0.1) is 0 Å². The lowest BCUT2D eigenvalue weighted by molar-refractivity contribution is -0.359. The van der Waals surface area contributed by atoms with Crippen LogP contribution in [0, 0.1) is 0 Å². The second-order valence-corrected chi connectivity index (χ2v) is 2.57. The molecule has 6 nitrogen and oxygen atoms in total. The van der Waals surface area contributed by atoms with E-state index < -0.39 is 30.3 Å². The topological polar surface area (TPSA) is 87.7 Å². The predicted octanol–water partition coefficient (Wildman–Crippen LogP) is 1.69. The monoisotopic (exact) mass is 288 g/mol. The van der Waals surface area contributed by atoms with E-state index in [2.05, 4.69) is 4.84 Å². The van der Waals surface area contributed by atoms with Crippen LogP contribution in [0.2, 0.25) is 0 Å². The van der Waals surface area contributed by atoms with E-state index in [1.165, 1.54) is 0 Å². The second-order valence-electron chi connectivity index (χ2n) is 2.57. The van der Waals surface area contributed by atoms with Gasteiger partial charge in [-0.15, -0.1) is 5.48 Å². The zero-order valence-electron chi connectivity index (χ0n) is 7.82. The van der Waals surface area contributed by atoms with E-state index in [1.807, 2.05) is 0 Å². The highest BCUT2D eigenvalue weighted by atomic mass is 19.4. The van der Waals surface area contributed by atoms with Crippen molar-refractivity contribution in [3.8, 4) is 0 Å². The average Bonchev–Trinajstić information content (AvgIpc) is 2.11. The van der Waals surface area contributed by atoms with Crippen molar-refractivity contribution in [3.63, 3.8) is 0 Å². The van der Waals surface area contributed by atoms with Gasteiger partial charge in [-0.2, -0.15) is 30.7 Å². The lowest BCUT2D eigenvalue weighted by atomic mass is 10.3. The molecule has 0 aliphatic carbocycles. The summed E-state index contributed by atoms with van der Waals surface area (Å²) in [6, 6.07) is -6.03. The molecule has 18 heavy (non-hydrogen) atoms. The molecule has 0 bridgehead atoms. The molecule has 0 aromatic heterocycles. The summed E-state index contributed by atoms with van der Waals surface area (Å²) < 4.78 is 83.9. The lowest BCUT2D eigenvalue weighted by Crippen LogP contribution is -2.61. The number of hydrogen-bond acceptors (Lipinski definition) is 3. The van der Waals surface area contributed by atoms with Gasteiger partial charge in [0.15, 0.2) is 0 Å². The molecule has 0 rings (SSSR count). The first-order chi connectivity index (χ1) is 7.81. The normalized spacial score (nSPS) is 12.8. The van der Waals surface area contributed by atoms with E-state index in [0.717, 1.165) is 0 Å². The largest absolute Gasteiger partial charge is 0.463 e. The minimum atomic E-state index is -6.63. The van der Waals surface area contributed by atoms with Gasteiger partial charge in [-0.3, -0.25) is 5.32 Å². The van der Waals surface area contributed by atoms with Crippen LogP contribution in [0.4, 0.5) is 40.3 Å². The molecule has 0 saturated carbocycles. The number of halogens is 7. The second kappa shape index (κ2) is 4.73. The van der Waals surface area contributed by atoms with Gasteiger partial charge in [-0.05, 0) is 0 Å². The van der Waals surface area contributed by atoms with Crippen LogP contribution < -0.4 is 10.8 Å². The molecule has 2 amide bonds. The third-order valence-electron chi connectivity index (χ3n) is 1.24. The molecule has 0 aliphatic heterocycles. The highest BCUT2D eigenvalue weighted by Crippen LogP contribution is 2.44. The van der Waals surface area contributed by atoms with Crippen LogP contribution in [0.15, 0.2) is 0 Å². The molecule has 0 atom stereocenters. The fourth-order valence-corrected chi connectivity index (χ4v) is 0.500. The first kappa shape index (κ1) is 16.1. The number of amides is 2. The Labute approximate surface area is 92.6 Å². The van der Waals surface area contributed by atoms with Crippen molar-refractivity contribution >= 4 is 12.2 Å². The zero-order chi connectivity index (χ0) is 14.8. The summed E-state index contributed by atoms with van der Waals surface area (Å²) in [7, 11) is 0. The van der Waals surface area contributed by atoms with Crippen molar-refractivity contribution in [2.45, 2.75) is 18.1 Å². The van der Waals surface area contributed by atoms with Gasteiger partial charge in [0.25, 0.3) is 0 Å². The number of alkyl halides is 7. The van der Waals surface area contributed by atoms with Gasteiger partial charge in [0.1, 0.15) is 0 Å². The van der Waals surface area contributed by atoms with Gasteiger partial charge in [-0.1, -0.05) is 0 Å². The van der Waals surface area contributed by atoms with Gasteiger partial charge in [0, 0.05) is 0 Å². The molecule has 0 unspecified atom stereocenters. The van der Waals surface area contributed by atoms with E-state index in [0.29, 0.717) is 5.48 Å². The summed E-state index contributed by atoms with van der Waals surface area (Å²) >= 11 is 0. The number of carboxylic acid groups (broad SMARTS) is 1. The van der Waals surface area contributed by atoms with Gasteiger partial charge < -0.3 is 9.94 Å². The summed E-state index contributed by atoms with van der Waals surface area (Å²) in [5, 5.41) is 7.69. The van der Waals surface area contributed by atoms with Crippen molar-refractivity contribution in [1.82, 2.24) is 10.8 Å². The number of carbonyl (C=O) groups excluding carboxylic acids is 1. The molecule has 0 heterocycles. The van der Waals surface area contributed by atoms with Crippen molar-refractivity contribution in [2.75, 3.05) is 0 Å². The quantitative estimate of drug-likeness (QED) is 0.410. The highest BCUT2D eigenvalue weighted by Gasteiger charge is 2.74. The van der Waals surface area contributed by atoms with Crippen LogP contribution in [-0.2, 0) is 4.84 Å². The molecule has 106 valence electrons. The predicted molar refractivity (Wildman–Crippen MR) is 36.7 cm³/mol. The standard InChI is InChI=1S/C5H3F7N2O4/c6-3(7,4(8,9)10)5(11,12)13-2(17)18-14-1(15)16/h14H,(H,13,17)(H,15,16). The van der Waals surface area contributed by atoms with E-state index in [1.54, 1.807) is 0 Å². The molecular formula is C5H3F7N2O4. The summed E-state index contributed by atoms with van der Waals surface area (Å²) in [6.45, 7) is 0. The van der Waals surface area contributed by atoms with E-state index in [9.17, 15) is 40.3 Å². The Kier molecular flexibility index (Phi) is 4.22. The summed E-state index contributed by atoms with van der Waals surface area (Å²) in [5.74, 6) is -6.57. The van der Waals surface area contributed by atoms with Crippen molar-refractivity contribution in [1.29, 1.82) is 0 Å². The van der Waals surface area contributed by atoms with Crippen LogP contribution in [0.3, 0.4) is 0 Å². The van der Waals surface area contributed by atoms with Crippen LogP contribution in [0.25, 0.3) is 0 Å². The fraction of sp³-hybridized carbons (Fsp3) is 0.600. The Hall–Kier alpha value is -1.95. The molecular weight excluding hydrogens is 285 g/mol. The lowest BCUT2D eigenvalue weighted by Gasteiger charge is -2.27. The van der Waals surface area contributed by atoms with Crippen molar-refractivity contribution in [3.05, 3.63) is 0 Å². The molecule has 0 aromatic rings. The molecule has 0 aliphatic rings. The number of rotatable bonds is 2. The molecule has 0 aromatic carbocycles. The molecule has 0 spiro atoms. The highest BCUT2D eigenvalue weighted by molar-refractivity contribution is 5.71.